The Kier molecular flexibility index (Phi) is 4.50. The lowest BCUT2D eigenvalue weighted by Gasteiger charge is -2.16. The molecule has 0 bridgehead atoms. The minimum atomic E-state index is -0.432. The molecule has 126 valence electrons. The van der Waals surface area contributed by atoms with E-state index in [4.69, 9.17) is 9.47 Å². The van der Waals surface area contributed by atoms with Crippen molar-refractivity contribution < 1.29 is 23.9 Å². The molecule has 2 aliphatic heterocycles. The number of hydrogen-bond acceptors (Lipinski definition) is 5. The van der Waals surface area contributed by atoms with Crippen LogP contribution < -0.4 is 10.2 Å². The molecule has 0 radical (unpaired) electrons. The van der Waals surface area contributed by atoms with Crippen molar-refractivity contribution in [3.8, 4) is 0 Å². The Labute approximate surface area is 139 Å². The smallest absolute Gasteiger partial charge is 0.414 e. The molecule has 0 aliphatic carbocycles. The molecule has 24 heavy (non-hydrogen) atoms. The van der Waals surface area contributed by atoms with Gasteiger partial charge < -0.3 is 14.8 Å². The zero-order chi connectivity index (χ0) is 17.1. The van der Waals surface area contributed by atoms with Gasteiger partial charge in [-0.3, -0.25) is 14.5 Å². The second-order valence-corrected chi connectivity index (χ2v) is 5.69. The second kappa shape index (κ2) is 6.74. The first-order valence-electron chi connectivity index (χ1n) is 7.70. The number of carbonyl (C=O) groups excluding carboxylic acids is 3. The lowest BCUT2D eigenvalue weighted by Crippen LogP contribution is -2.33. The first-order valence-corrected chi connectivity index (χ1v) is 7.70. The van der Waals surface area contributed by atoms with Gasteiger partial charge in [-0.25, -0.2) is 4.79 Å². The first-order chi connectivity index (χ1) is 11.5. The van der Waals surface area contributed by atoms with E-state index in [2.05, 4.69) is 5.32 Å². The maximum atomic E-state index is 12.0. The van der Waals surface area contributed by atoms with Crippen molar-refractivity contribution >= 4 is 29.2 Å². The van der Waals surface area contributed by atoms with Crippen LogP contribution in [0, 0.1) is 0 Å². The van der Waals surface area contributed by atoms with Crippen LogP contribution in [0.15, 0.2) is 30.3 Å². The van der Waals surface area contributed by atoms with Crippen LogP contribution in [0.25, 0.3) is 5.57 Å². The monoisotopic (exact) mass is 330 g/mol. The predicted molar refractivity (Wildman–Crippen MR) is 86.3 cm³/mol. The number of rotatable bonds is 4. The van der Waals surface area contributed by atoms with Crippen LogP contribution in [0.4, 0.5) is 10.5 Å². The van der Waals surface area contributed by atoms with Crippen LogP contribution in [-0.2, 0) is 19.1 Å². The Balaban J connectivity index is 1.67. The first kappa shape index (κ1) is 16.0. The summed E-state index contributed by atoms with van der Waals surface area (Å²) in [5.41, 5.74) is 2.57. The number of carbonyl (C=O) groups is 3. The van der Waals surface area contributed by atoms with Crippen LogP contribution in [0.1, 0.15) is 18.9 Å². The van der Waals surface area contributed by atoms with Crippen molar-refractivity contribution in [2.45, 2.75) is 19.4 Å². The van der Waals surface area contributed by atoms with E-state index in [0.29, 0.717) is 25.4 Å². The van der Waals surface area contributed by atoms with Gasteiger partial charge in [0.25, 0.3) is 0 Å². The van der Waals surface area contributed by atoms with Crippen molar-refractivity contribution in [2.75, 3.05) is 24.6 Å². The van der Waals surface area contributed by atoms with E-state index >= 15 is 0 Å². The summed E-state index contributed by atoms with van der Waals surface area (Å²) in [6.07, 6.45) is 1.34. The summed E-state index contributed by atoms with van der Waals surface area (Å²) < 4.78 is 10.1. The third-order valence-corrected chi connectivity index (χ3v) is 3.91. The molecule has 0 spiro atoms. The molecule has 2 heterocycles. The molecule has 7 nitrogen and oxygen atoms in total. The molecule has 2 amide bonds. The lowest BCUT2D eigenvalue weighted by atomic mass is 10.0. The van der Waals surface area contributed by atoms with E-state index in [-0.39, 0.29) is 24.4 Å². The van der Waals surface area contributed by atoms with Crippen LogP contribution in [0.2, 0.25) is 0 Å². The van der Waals surface area contributed by atoms with Gasteiger partial charge in [0.05, 0.1) is 19.5 Å². The molecule has 1 N–H and O–H groups in total. The van der Waals surface area contributed by atoms with Crippen LogP contribution >= 0.6 is 0 Å². The SMILES string of the molecule is CC(=O)NC[C@H]1CN(c2ccc(C3=CCOC(=O)C3)cc2)C(=O)O1. The highest BCUT2D eigenvalue weighted by Crippen LogP contribution is 2.26. The Morgan fingerprint density at radius 2 is 2.04 bits per heavy atom. The number of cyclic esters (lactones) is 2. The van der Waals surface area contributed by atoms with E-state index in [1.54, 1.807) is 0 Å². The third kappa shape index (κ3) is 3.56. The third-order valence-electron chi connectivity index (χ3n) is 3.91. The number of nitrogens with one attached hydrogen (secondary N) is 1. The number of ether oxygens (including phenoxy) is 2. The highest BCUT2D eigenvalue weighted by molar-refractivity contribution is 5.91. The van der Waals surface area contributed by atoms with Gasteiger partial charge in [0.15, 0.2) is 0 Å². The molecule has 2 aliphatic rings. The van der Waals surface area contributed by atoms with Gasteiger partial charge in [-0.2, -0.15) is 0 Å². The second-order valence-electron chi connectivity index (χ2n) is 5.69. The highest BCUT2D eigenvalue weighted by atomic mass is 16.6. The van der Waals surface area contributed by atoms with E-state index in [9.17, 15) is 14.4 Å². The number of benzene rings is 1. The van der Waals surface area contributed by atoms with Gasteiger partial charge in [0, 0.05) is 12.6 Å². The number of nitrogens with zero attached hydrogens (tertiary/aromatic N) is 1. The maximum Gasteiger partial charge on any atom is 0.414 e. The Bertz CT molecular complexity index is 695. The fourth-order valence-corrected chi connectivity index (χ4v) is 2.69. The van der Waals surface area contributed by atoms with E-state index < -0.39 is 6.09 Å². The number of anilines is 1. The summed E-state index contributed by atoms with van der Waals surface area (Å²) >= 11 is 0. The molecule has 7 heteroatoms. The van der Waals surface area contributed by atoms with Crippen LogP contribution in [0.3, 0.4) is 0 Å². The minimum Gasteiger partial charge on any atom is -0.461 e. The summed E-state index contributed by atoms with van der Waals surface area (Å²) in [6.45, 7) is 2.39. The fraction of sp³-hybridized carbons (Fsp3) is 0.353. The van der Waals surface area contributed by atoms with Crippen molar-refractivity contribution in [3.63, 3.8) is 0 Å². The highest BCUT2D eigenvalue weighted by Gasteiger charge is 2.32. The van der Waals surface area contributed by atoms with Gasteiger partial charge in [0.2, 0.25) is 5.91 Å². The molecule has 1 aromatic rings. The molecular formula is C17H18N2O5. The predicted octanol–water partition coefficient (Wildman–Crippen LogP) is 1.48. The normalized spacial score (nSPS) is 20.3. The molecule has 1 atom stereocenters. The average molecular weight is 330 g/mol. The van der Waals surface area contributed by atoms with Crippen molar-refractivity contribution in [3.05, 3.63) is 35.9 Å². The molecule has 0 unspecified atom stereocenters. The Morgan fingerprint density at radius 3 is 2.71 bits per heavy atom. The van der Waals surface area contributed by atoms with Gasteiger partial charge in [-0.1, -0.05) is 12.1 Å². The molecule has 0 saturated carbocycles. The van der Waals surface area contributed by atoms with E-state index in [0.717, 1.165) is 11.1 Å². The van der Waals surface area contributed by atoms with Crippen molar-refractivity contribution in [1.29, 1.82) is 0 Å². The van der Waals surface area contributed by atoms with Gasteiger partial charge in [-0.15, -0.1) is 0 Å². The lowest BCUT2D eigenvalue weighted by molar-refractivity contribution is -0.141. The fourth-order valence-electron chi connectivity index (χ4n) is 2.69. The standard InChI is InChI=1S/C17H18N2O5/c1-11(20)18-9-15-10-19(17(22)24-15)14-4-2-12(3-5-14)13-6-7-23-16(21)8-13/h2-6,15H,7-10H2,1H3,(H,18,20)/t15-/m0/s1. The molecule has 1 fully saturated rings. The van der Waals surface area contributed by atoms with Crippen LogP contribution in [-0.4, -0.2) is 43.8 Å². The van der Waals surface area contributed by atoms with Gasteiger partial charge >= 0.3 is 12.1 Å². The minimum absolute atomic E-state index is 0.159. The number of hydrogen-bond donors (Lipinski definition) is 1. The number of esters is 1. The molecule has 1 aromatic carbocycles. The van der Waals surface area contributed by atoms with Gasteiger partial charge in [0.1, 0.15) is 12.7 Å². The van der Waals surface area contributed by atoms with E-state index in [1.807, 2.05) is 30.3 Å². The Morgan fingerprint density at radius 1 is 1.29 bits per heavy atom. The molecule has 0 aromatic heterocycles. The maximum absolute atomic E-state index is 12.0. The topological polar surface area (TPSA) is 84.9 Å². The Hall–Kier alpha value is -2.83. The quantitative estimate of drug-likeness (QED) is 0.845. The summed E-state index contributed by atoms with van der Waals surface area (Å²) in [6, 6.07) is 7.37. The molecule has 3 rings (SSSR count). The molecular weight excluding hydrogens is 312 g/mol. The zero-order valence-corrected chi connectivity index (χ0v) is 13.3. The van der Waals surface area contributed by atoms with Crippen molar-refractivity contribution in [1.82, 2.24) is 5.32 Å². The summed E-state index contributed by atoms with van der Waals surface area (Å²) in [4.78, 5) is 35.8. The van der Waals surface area contributed by atoms with E-state index in [1.165, 1.54) is 11.8 Å². The summed E-state index contributed by atoms with van der Waals surface area (Å²) in [5, 5.41) is 2.64. The average Bonchev–Trinajstić information content (AvgIpc) is 2.94. The molecule has 1 saturated heterocycles. The summed E-state index contributed by atoms with van der Waals surface area (Å²) in [7, 11) is 0. The van der Waals surface area contributed by atoms with Crippen LogP contribution in [0.5, 0.6) is 0 Å². The summed E-state index contributed by atoms with van der Waals surface area (Å²) in [5.74, 6) is -0.395. The zero-order valence-electron chi connectivity index (χ0n) is 13.3. The largest absolute Gasteiger partial charge is 0.461 e. The number of amides is 2. The van der Waals surface area contributed by atoms with Gasteiger partial charge in [-0.05, 0) is 29.3 Å². The van der Waals surface area contributed by atoms with Crippen molar-refractivity contribution in [2.24, 2.45) is 0 Å².